The fourth-order valence-electron chi connectivity index (χ4n) is 2.69. The second kappa shape index (κ2) is 3.36. The van der Waals surface area contributed by atoms with Gasteiger partial charge in [0.2, 0.25) is 0 Å². The van der Waals surface area contributed by atoms with Crippen LogP contribution in [0.3, 0.4) is 0 Å². The summed E-state index contributed by atoms with van der Waals surface area (Å²) in [5.41, 5.74) is 2.03. The van der Waals surface area contributed by atoms with Crippen molar-refractivity contribution in [1.29, 1.82) is 0 Å². The van der Waals surface area contributed by atoms with Crippen LogP contribution in [0.2, 0.25) is 0 Å². The van der Waals surface area contributed by atoms with E-state index in [9.17, 15) is 0 Å². The Balaban J connectivity index is 0.000000396. The summed E-state index contributed by atoms with van der Waals surface area (Å²) in [7, 11) is 2.22. The van der Waals surface area contributed by atoms with Gasteiger partial charge in [-0.3, -0.25) is 0 Å². The van der Waals surface area contributed by atoms with E-state index in [1.165, 1.54) is 6.42 Å². The quantitative estimate of drug-likeness (QED) is 0.554. The van der Waals surface area contributed by atoms with Crippen molar-refractivity contribution in [3.05, 3.63) is 11.8 Å². The van der Waals surface area contributed by atoms with Crippen LogP contribution in [-0.2, 0) is 0 Å². The minimum Gasteiger partial charge on any atom is -0.374 e. The molecule has 2 aliphatic heterocycles. The zero-order chi connectivity index (χ0) is 10.2. The lowest BCUT2D eigenvalue weighted by Gasteiger charge is -2.60. The molecule has 2 bridgehead atoms. The Bertz CT molecular complexity index is 215. The van der Waals surface area contributed by atoms with E-state index in [0.717, 1.165) is 12.0 Å². The molecule has 1 nitrogen and oxygen atoms in total. The van der Waals surface area contributed by atoms with E-state index in [1.807, 2.05) is 13.8 Å². The SMILES string of the molecule is CC.CC1C=C2N(C)C(C1)C2(C)C. The van der Waals surface area contributed by atoms with Crippen LogP contribution in [0.5, 0.6) is 0 Å². The normalized spacial score (nSPS) is 34.0. The van der Waals surface area contributed by atoms with Gasteiger partial charge in [0.1, 0.15) is 0 Å². The minimum atomic E-state index is 0.473. The summed E-state index contributed by atoms with van der Waals surface area (Å²) >= 11 is 0. The molecule has 0 spiro atoms. The van der Waals surface area contributed by atoms with Gasteiger partial charge in [-0.05, 0) is 12.3 Å². The first-order chi connectivity index (χ1) is 6.03. The first kappa shape index (κ1) is 10.6. The minimum absolute atomic E-state index is 0.473. The largest absolute Gasteiger partial charge is 0.374 e. The highest BCUT2D eigenvalue weighted by Crippen LogP contribution is 2.52. The van der Waals surface area contributed by atoms with Crippen LogP contribution in [0.25, 0.3) is 0 Å². The van der Waals surface area contributed by atoms with Crippen LogP contribution in [-0.4, -0.2) is 18.0 Å². The van der Waals surface area contributed by atoms with Gasteiger partial charge >= 0.3 is 0 Å². The zero-order valence-electron chi connectivity index (χ0n) is 9.89. The summed E-state index contributed by atoms with van der Waals surface area (Å²) in [6.07, 6.45) is 3.77. The fourth-order valence-corrected chi connectivity index (χ4v) is 2.69. The molecule has 13 heavy (non-hydrogen) atoms. The van der Waals surface area contributed by atoms with Crippen molar-refractivity contribution in [2.75, 3.05) is 7.05 Å². The third-order valence-electron chi connectivity index (χ3n) is 3.38. The molecule has 3 rings (SSSR count). The lowest BCUT2D eigenvalue weighted by molar-refractivity contribution is 0.00896. The molecule has 1 saturated heterocycles. The molecular formula is C12H23N. The standard InChI is InChI=1S/C10H17N.C2H6/c1-7-5-8-10(2,3)9(6-7)11(8)4;1-2/h5,7,9H,6H2,1-4H3;1-2H3. The maximum atomic E-state index is 2.43. The molecule has 1 fully saturated rings. The Hall–Kier alpha value is -0.460. The second-order valence-corrected chi connectivity index (χ2v) is 4.61. The van der Waals surface area contributed by atoms with Crippen LogP contribution in [0, 0.1) is 11.3 Å². The number of hydrogen-bond donors (Lipinski definition) is 0. The van der Waals surface area contributed by atoms with Crippen LogP contribution < -0.4 is 0 Å². The zero-order valence-corrected chi connectivity index (χ0v) is 9.89. The smallest absolute Gasteiger partial charge is 0.0394 e. The number of nitrogens with zero attached hydrogens (tertiary/aromatic N) is 1. The molecule has 1 aliphatic carbocycles. The van der Waals surface area contributed by atoms with E-state index in [4.69, 9.17) is 0 Å². The van der Waals surface area contributed by atoms with E-state index in [1.54, 1.807) is 5.70 Å². The number of hydrogen-bond acceptors (Lipinski definition) is 1. The van der Waals surface area contributed by atoms with Crippen molar-refractivity contribution >= 4 is 0 Å². The summed E-state index contributed by atoms with van der Waals surface area (Å²) < 4.78 is 0. The van der Waals surface area contributed by atoms with Crippen molar-refractivity contribution in [2.24, 2.45) is 11.3 Å². The summed E-state index contributed by atoms with van der Waals surface area (Å²) in [5, 5.41) is 0. The molecule has 0 saturated carbocycles. The molecule has 0 aromatic carbocycles. The van der Waals surface area contributed by atoms with Gasteiger partial charge < -0.3 is 4.90 Å². The lowest BCUT2D eigenvalue weighted by Crippen LogP contribution is -2.60. The molecule has 0 aromatic rings. The van der Waals surface area contributed by atoms with Crippen LogP contribution in [0.15, 0.2) is 11.8 Å². The summed E-state index contributed by atoms with van der Waals surface area (Å²) in [5.74, 6) is 0.805. The Kier molecular flexibility index (Phi) is 2.74. The van der Waals surface area contributed by atoms with Crippen molar-refractivity contribution in [3.63, 3.8) is 0 Å². The van der Waals surface area contributed by atoms with Gasteiger partial charge in [0.25, 0.3) is 0 Å². The lowest BCUT2D eigenvalue weighted by atomic mass is 9.64. The van der Waals surface area contributed by atoms with Gasteiger partial charge in [0, 0.05) is 24.2 Å². The molecule has 1 heteroatoms. The van der Waals surface area contributed by atoms with Gasteiger partial charge in [0.15, 0.2) is 0 Å². The third kappa shape index (κ3) is 1.38. The highest BCUT2D eigenvalue weighted by molar-refractivity contribution is 5.29. The maximum Gasteiger partial charge on any atom is 0.0394 e. The molecule has 2 atom stereocenters. The molecule has 76 valence electrons. The van der Waals surface area contributed by atoms with Crippen molar-refractivity contribution in [2.45, 2.75) is 47.1 Å². The monoisotopic (exact) mass is 181 g/mol. The number of fused-ring (bicyclic) bond motifs is 2. The Labute approximate surface area is 82.8 Å². The predicted octanol–water partition coefficient (Wildman–Crippen LogP) is 3.28. The number of rotatable bonds is 0. The molecule has 0 aromatic heterocycles. The van der Waals surface area contributed by atoms with E-state index < -0.39 is 0 Å². The van der Waals surface area contributed by atoms with Gasteiger partial charge in [-0.15, -0.1) is 0 Å². The Morgan fingerprint density at radius 2 is 1.92 bits per heavy atom. The van der Waals surface area contributed by atoms with Crippen LogP contribution in [0.1, 0.15) is 41.0 Å². The summed E-state index contributed by atoms with van der Waals surface area (Å²) in [6, 6.07) is 0.803. The first-order valence-electron chi connectivity index (χ1n) is 5.48. The average Bonchev–Trinajstić information content (AvgIpc) is 2.12. The molecular weight excluding hydrogens is 158 g/mol. The number of allylic oxidation sites excluding steroid dienone is 1. The van der Waals surface area contributed by atoms with E-state index in [0.29, 0.717) is 5.41 Å². The molecule has 0 radical (unpaired) electrons. The van der Waals surface area contributed by atoms with E-state index >= 15 is 0 Å². The van der Waals surface area contributed by atoms with Crippen molar-refractivity contribution in [3.8, 4) is 0 Å². The van der Waals surface area contributed by atoms with Crippen LogP contribution in [0.4, 0.5) is 0 Å². The molecule has 2 unspecified atom stereocenters. The highest BCUT2D eigenvalue weighted by Gasteiger charge is 2.50. The van der Waals surface area contributed by atoms with Gasteiger partial charge in [-0.1, -0.05) is 40.7 Å². The second-order valence-electron chi connectivity index (χ2n) is 4.61. The maximum absolute atomic E-state index is 2.43. The Morgan fingerprint density at radius 3 is 2.15 bits per heavy atom. The molecule has 0 N–H and O–H groups in total. The van der Waals surface area contributed by atoms with E-state index in [-0.39, 0.29) is 0 Å². The predicted molar refractivity (Wildman–Crippen MR) is 58.5 cm³/mol. The van der Waals surface area contributed by atoms with Crippen molar-refractivity contribution < 1.29 is 0 Å². The van der Waals surface area contributed by atoms with Gasteiger partial charge in [0.05, 0.1) is 0 Å². The third-order valence-corrected chi connectivity index (χ3v) is 3.38. The van der Waals surface area contributed by atoms with Gasteiger partial charge in [-0.2, -0.15) is 0 Å². The Morgan fingerprint density at radius 1 is 1.38 bits per heavy atom. The van der Waals surface area contributed by atoms with Crippen molar-refractivity contribution in [1.82, 2.24) is 4.90 Å². The highest BCUT2D eigenvalue weighted by atomic mass is 15.2. The first-order valence-corrected chi connectivity index (χ1v) is 5.48. The van der Waals surface area contributed by atoms with E-state index in [2.05, 4.69) is 38.8 Å². The average molecular weight is 181 g/mol. The summed E-state index contributed by atoms with van der Waals surface area (Å²) in [4.78, 5) is 2.43. The molecule has 3 aliphatic rings. The fraction of sp³-hybridized carbons (Fsp3) is 0.833. The summed E-state index contributed by atoms with van der Waals surface area (Å²) in [6.45, 7) is 11.0. The molecule has 2 heterocycles. The molecule has 0 amide bonds. The topological polar surface area (TPSA) is 3.24 Å². The van der Waals surface area contributed by atoms with Gasteiger partial charge in [-0.25, -0.2) is 0 Å². The van der Waals surface area contributed by atoms with Crippen LogP contribution >= 0.6 is 0 Å².